The quantitative estimate of drug-likeness (QED) is 0.330. The second-order valence-electron chi connectivity index (χ2n) is 2.09. The molecule has 0 spiro atoms. The van der Waals surface area contributed by atoms with Gasteiger partial charge >= 0.3 is 36.5 Å². The molecule has 0 saturated heterocycles. The Labute approximate surface area is 150 Å². The number of carboxylic acids is 4. The normalized spacial score (nSPS) is 5.82. The number of rotatable bonds is 4. The predicted molar refractivity (Wildman–Crippen MR) is 60.8 cm³/mol. The van der Waals surface area contributed by atoms with Crippen LogP contribution >= 0.6 is 0 Å². The number of aliphatic carboxylic acids is 4. The third-order valence-corrected chi connectivity index (χ3v) is 0.667. The smallest absolute Gasteiger partial charge is 0.545 e. The first-order valence-electron chi connectivity index (χ1n) is 4.42. The van der Waals surface area contributed by atoms with E-state index in [4.69, 9.17) is 39.6 Å². The van der Waals surface area contributed by atoms with E-state index in [2.05, 4.69) is 26.3 Å². The summed E-state index contributed by atoms with van der Waals surface area (Å²) >= 11 is 0. The van der Waals surface area contributed by atoms with Crippen molar-refractivity contribution >= 4 is 23.9 Å². The van der Waals surface area contributed by atoms with E-state index in [-0.39, 0.29) is 36.5 Å². The summed E-state index contributed by atoms with van der Waals surface area (Å²) in [7, 11) is 0. The van der Waals surface area contributed by atoms with Crippen molar-refractivity contribution in [3.05, 3.63) is 50.6 Å². The zero-order valence-corrected chi connectivity index (χ0v) is 15.3. The van der Waals surface area contributed by atoms with Crippen LogP contribution in [-0.2, 0) is 55.7 Å². The molecule has 0 aromatic rings. The Morgan fingerprint density at radius 2 is 0.591 bits per heavy atom. The number of hydrogen-bond acceptors (Lipinski definition) is 8. The van der Waals surface area contributed by atoms with Crippen molar-refractivity contribution in [3.63, 3.8) is 0 Å². The van der Waals surface area contributed by atoms with Gasteiger partial charge in [-0.1, -0.05) is 26.3 Å². The molecule has 0 aliphatic heterocycles. The molecule has 8 nitrogen and oxygen atoms in total. The van der Waals surface area contributed by atoms with Crippen molar-refractivity contribution in [1.82, 2.24) is 0 Å². The molecular weight excluding hydrogens is 401 g/mol. The predicted octanol–water partition coefficient (Wildman–Crippen LogP) is -4.32. The maximum Gasteiger partial charge on any atom is 2.00 e. The van der Waals surface area contributed by atoms with Gasteiger partial charge in [-0.05, 0) is 24.3 Å². The molecular formula is C12H12CuO8Zn. The van der Waals surface area contributed by atoms with Crippen LogP contribution < -0.4 is 20.4 Å². The van der Waals surface area contributed by atoms with Gasteiger partial charge in [-0.3, -0.25) is 0 Å². The first kappa shape index (κ1) is 36.8. The van der Waals surface area contributed by atoms with E-state index < -0.39 is 23.9 Å². The Morgan fingerprint density at radius 3 is 0.591 bits per heavy atom. The third kappa shape index (κ3) is 145. The van der Waals surface area contributed by atoms with E-state index >= 15 is 0 Å². The second-order valence-corrected chi connectivity index (χ2v) is 2.09. The van der Waals surface area contributed by atoms with Crippen molar-refractivity contribution in [2.75, 3.05) is 0 Å². The van der Waals surface area contributed by atoms with Gasteiger partial charge < -0.3 is 39.6 Å². The number of carbonyl (C=O) groups is 4. The first-order chi connectivity index (χ1) is 9.08. The van der Waals surface area contributed by atoms with Crippen LogP contribution in [0.25, 0.3) is 0 Å². The van der Waals surface area contributed by atoms with Gasteiger partial charge in [-0.2, -0.15) is 0 Å². The van der Waals surface area contributed by atoms with E-state index in [1.54, 1.807) is 0 Å². The Hall–Kier alpha value is -2.02. The van der Waals surface area contributed by atoms with Crippen LogP contribution in [0.5, 0.6) is 0 Å². The molecule has 10 heteroatoms. The molecule has 0 saturated carbocycles. The molecule has 0 bridgehead atoms. The van der Waals surface area contributed by atoms with Gasteiger partial charge in [0.25, 0.3) is 0 Å². The largest absolute Gasteiger partial charge is 2.00 e. The van der Waals surface area contributed by atoms with Crippen molar-refractivity contribution in [3.8, 4) is 0 Å². The van der Waals surface area contributed by atoms with Crippen molar-refractivity contribution in [2.24, 2.45) is 0 Å². The van der Waals surface area contributed by atoms with Gasteiger partial charge in [-0.15, -0.1) is 0 Å². The summed E-state index contributed by atoms with van der Waals surface area (Å²) in [5.74, 6) is -4.93. The maximum absolute atomic E-state index is 9.14. The standard InChI is InChI=1S/4C3H4O2.Cu.Zn/c4*1-2-3(4)5;;/h4*2H,1H2,(H,4,5);;/q;;;;2*+2/p-4. The Balaban J connectivity index is -0.0000000376. The van der Waals surface area contributed by atoms with Crippen LogP contribution in [0.4, 0.5) is 0 Å². The monoisotopic (exact) mass is 411 g/mol. The van der Waals surface area contributed by atoms with Crippen molar-refractivity contribution in [1.29, 1.82) is 0 Å². The van der Waals surface area contributed by atoms with Gasteiger partial charge in [-0.25, -0.2) is 0 Å². The van der Waals surface area contributed by atoms with Crippen molar-refractivity contribution < 1.29 is 76.2 Å². The summed E-state index contributed by atoms with van der Waals surface area (Å²) in [6.07, 6.45) is 2.89. The summed E-state index contributed by atoms with van der Waals surface area (Å²) in [5, 5.41) is 36.6. The molecule has 0 fully saturated rings. The van der Waals surface area contributed by atoms with Crippen LogP contribution in [0.1, 0.15) is 0 Å². The Kier molecular flexibility index (Phi) is 52.6. The van der Waals surface area contributed by atoms with Gasteiger partial charge in [0.15, 0.2) is 0 Å². The zero-order valence-electron chi connectivity index (χ0n) is 11.4. The van der Waals surface area contributed by atoms with Crippen molar-refractivity contribution in [2.45, 2.75) is 0 Å². The first-order valence-corrected chi connectivity index (χ1v) is 4.42. The fourth-order valence-corrected chi connectivity index (χ4v) is 0. The van der Waals surface area contributed by atoms with Crippen LogP contribution in [0.3, 0.4) is 0 Å². The second kappa shape index (κ2) is 31.4. The summed E-state index contributed by atoms with van der Waals surface area (Å²) in [5.41, 5.74) is 0. The molecule has 0 aromatic carbocycles. The zero-order chi connectivity index (χ0) is 17.1. The van der Waals surface area contributed by atoms with Crippen LogP contribution in [0.15, 0.2) is 50.6 Å². The van der Waals surface area contributed by atoms with E-state index in [9.17, 15) is 0 Å². The molecule has 0 aliphatic carbocycles. The summed E-state index contributed by atoms with van der Waals surface area (Å²) in [6.45, 7) is 11.6. The fourth-order valence-electron chi connectivity index (χ4n) is 0. The molecule has 0 unspecified atom stereocenters. The van der Waals surface area contributed by atoms with Gasteiger partial charge in [0.1, 0.15) is 0 Å². The molecule has 0 amide bonds. The molecule has 0 N–H and O–H groups in total. The average molecular weight is 413 g/mol. The molecule has 0 heterocycles. The van der Waals surface area contributed by atoms with E-state index in [0.717, 1.165) is 24.3 Å². The minimum Gasteiger partial charge on any atom is -0.545 e. The van der Waals surface area contributed by atoms with Crippen LogP contribution in [-0.4, -0.2) is 23.9 Å². The van der Waals surface area contributed by atoms with E-state index in [0.29, 0.717) is 0 Å². The Bertz CT molecular complexity index is 307. The van der Waals surface area contributed by atoms with Crippen LogP contribution in [0.2, 0.25) is 0 Å². The minimum absolute atomic E-state index is 0. The molecule has 0 aromatic heterocycles. The topological polar surface area (TPSA) is 161 Å². The summed E-state index contributed by atoms with van der Waals surface area (Å²) < 4.78 is 0. The van der Waals surface area contributed by atoms with E-state index in [1.165, 1.54) is 0 Å². The summed E-state index contributed by atoms with van der Waals surface area (Å²) in [4.78, 5) is 36.6. The summed E-state index contributed by atoms with van der Waals surface area (Å²) in [6, 6.07) is 0. The molecule has 121 valence electrons. The van der Waals surface area contributed by atoms with Gasteiger partial charge in [0.2, 0.25) is 0 Å². The van der Waals surface area contributed by atoms with Gasteiger partial charge in [0.05, 0.1) is 23.9 Å². The molecule has 1 radical (unpaired) electrons. The SMILES string of the molecule is C=CC(=O)[O-].C=CC(=O)[O-].C=CC(=O)[O-].C=CC(=O)[O-].[Cu+2].[Zn+2]. The fraction of sp³-hybridized carbons (Fsp3) is 0. The molecule has 0 atom stereocenters. The average Bonchev–Trinajstić information content (AvgIpc) is 2.40. The van der Waals surface area contributed by atoms with Crippen LogP contribution in [0, 0.1) is 0 Å². The number of carbonyl (C=O) groups excluding carboxylic acids is 4. The third-order valence-electron chi connectivity index (χ3n) is 0.667. The Morgan fingerprint density at radius 1 is 0.545 bits per heavy atom. The number of hydrogen-bond donors (Lipinski definition) is 0. The maximum atomic E-state index is 9.14. The molecule has 0 aliphatic rings. The minimum atomic E-state index is -1.23. The van der Waals surface area contributed by atoms with Gasteiger partial charge in [0, 0.05) is 0 Å². The number of carboxylic acid groups (broad SMARTS) is 4. The molecule has 0 rings (SSSR count). The molecule has 22 heavy (non-hydrogen) atoms. The van der Waals surface area contributed by atoms with E-state index in [1.807, 2.05) is 0 Å².